The van der Waals surface area contributed by atoms with Crippen LogP contribution in [-0.2, 0) is 17.8 Å². The Morgan fingerprint density at radius 2 is 1.97 bits per heavy atom. The molecular weight excluding hydrogens is 445 g/mol. The molecule has 10 heteroatoms. The molecule has 176 valence electrons. The van der Waals surface area contributed by atoms with E-state index in [4.69, 9.17) is 15.2 Å². The number of aliphatic hydroxyl groups is 2. The van der Waals surface area contributed by atoms with Crippen LogP contribution in [0.3, 0.4) is 0 Å². The quantitative estimate of drug-likeness (QED) is 0.321. The molecule has 3 aromatic rings. The van der Waals surface area contributed by atoms with Crippen LogP contribution in [0.1, 0.15) is 28.4 Å². The first-order valence-electron chi connectivity index (χ1n) is 10.4. The van der Waals surface area contributed by atoms with E-state index < -0.39 is 25.3 Å². The van der Waals surface area contributed by atoms with E-state index in [0.717, 1.165) is 17.2 Å². The molecule has 0 radical (unpaired) electrons. The predicted molar refractivity (Wildman–Crippen MR) is 120 cm³/mol. The summed E-state index contributed by atoms with van der Waals surface area (Å²) in [5, 5.41) is 18.7. The molecule has 5 N–H and O–H groups in total. The molecule has 0 atom stereocenters. The van der Waals surface area contributed by atoms with Crippen molar-refractivity contribution in [3.05, 3.63) is 46.8 Å². The summed E-state index contributed by atoms with van der Waals surface area (Å²) in [6, 6.07) is 6.33. The molecule has 9 nitrogen and oxygen atoms in total. The predicted octanol–water partition coefficient (Wildman–Crippen LogP) is 1.64. The lowest BCUT2D eigenvalue weighted by Gasteiger charge is -2.27. The molecule has 4 rings (SSSR count). The number of benzene rings is 2. The Kier molecular flexibility index (Phi) is 6.40. The van der Waals surface area contributed by atoms with Crippen LogP contribution in [0, 0.1) is 17.7 Å². The minimum Gasteiger partial charge on any atom is -0.461 e. The van der Waals surface area contributed by atoms with Crippen molar-refractivity contribution >= 4 is 22.7 Å². The molecule has 0 saturated heterocycles. The van der Waals surface area contributed by atoms with Crippen LogP contribution < -0.4 is 15.2 Å². The van der Waals surface area contributed by atoms with Gasteiger partial charge in [-0.25, -0.2) is 4.39 Å². The summed E-state index contributed by atoms with van der Waals surface area (Å²) in [4.78, 5) is 28.6. The number of nitrogens with zero attached hydrogens (tertiary/aromatic N) is 1. The van der Waals surface area contributed by atoms with E-state index >= 15 is 4.39 Å². The first-order chi connectivity index (χ1) is 16.4. The third-order valence-electron chi connectivity index (χ3n) is 5.66. The SMILES string of the molecule is CC#CC(=O)N1CCc2cc(-c3c(F)cc(C(N)=O)c4[nH]c(OCO)c(OCO)c34)ccc2C1. The monoisotopic (exact) mass is 467 g/mol. The third kappa shape index (κ3) is 4.03. The summed E-state index contributed by atoms with van der Waals surface area (Å²) in [5.41, 5.74) is 7.89. The van der Waals surface area contributed by atoms with Crippen molar-refractivity contribution in [1.82, 2.24) is 9.88 Å². The third-order valence-corrected chi connectivity index (χ3v) is 5.66. The number of aromatic amines is 1. The zero-order valence-electron chi connectivity index (χ0n) is 18.3. The second-order valence-corrected chi connectivity index (χ2v) is 7.56. The van der Waals surface area contributed by atoms with Crippen molar-refractivity contribution in [1.29, 1.82) is 0 Å². The van der Waals surface area contributed by atoms with Crippen molar-refractivity contribution in [2.45, 2.75) is 19.9 Å². The number of rotatable bonds is 6. The second kappa shape index (κ2) is 9.43. The minimum atomic E-state index is -0.881. The van der Waals surface area contributed by atoms with Gasteiger partial charge in [0.15, 0.2) is 19.3 Å². The summed E-state index contributed by atoms with van der Waals surface area (Å²) in [6.45, 7) is 0.979. The highest BCUT2D eigenvalue weighted by molar-refractivity contribution is 6.12. The number of H-pyrrole nitrogens is 1. The van der Waals surface area contributed by atoms with E-state index in [-0.39, 0.29) is 39.6 Å². The first-order valence-corrected chi connectivity index (χ1v) is 10.4. The van der Waals surface area contributed by atoms with Crippen LogP contribution >= 0.6 is 0 Å². The Morgan fingerprint density at radius 1 is 1.21 bits per heavy atom. The number of amides is 2. The standard InChI is InChI=1S/C24H22FN3O6/c1-2-3-18(31)28-7-6-13-8-14(4-5-15(13)10-28)19-17(25)9-16(23(26)32)21-20(19)22(33-11-29)24(27-21)34-12-30/h4-5,8-9,27,29-30H,6-7,10-12H2,1H3,(H2,26,32). The normalized spacial score (nSPS) is 12.6. The van der Waals surface area contributed by atoms with Crippen LogP contribution in [0.4, 0.5) is 4.39 Å². The van der Waals surface area contributed by atoms with Gasteiger partial charge in [-0.05, 0) is 42.0 Å². The van der Waals surface area contributed by atoms with Crippen LogP contribution in [-0.4, -0.2) is 52.0 Å². The zero-order valence-corrected chi connectivity index (χ0v) is 18.3. The number of nitrogens with one attached hydrogen (secondary N) is 1. The fraction of sp³-hybridized carbons (Fsp3) is 0.250. The van der Waals surface area contributed by atoms with Crippen LogP contribution in [0.2, 0.25) is 0 Å². The molecule has 2 amide bonds. The smallest absolute Gasteiger partial charge is 0.298 e. The maximum atomic E-state index is 15.4. The van der Waals surface area contributed by atoms with Crippen molar-refractivity contribution in [2.24, 2.45) is 5.73 Å². The number of halogens is 1. The number of aromatic nitrogens is 1. The van der Waals surface area contributed by atoms with Gasteiger partial charge in [0.1, 0.15) is 5.82 Å². The summed E-state index contributed by atoms with van der Waals surface area (Å²) in [7, 11) is 0. The van der Waals surface area contributed by atoms with E-state index in [2.05, 4.69) is 16.8 Å². The highest BCUT2D eigenvalue weighted by Gasteiger charge is 2.27. The molecule has 2 aromatic carbocycles. The lowest BCUT2D eigenvalue weighted by molar-refractivity contribution is -0.125. The van der Waals surface area contributed by atoms with Crippen molar-refractivity contribution < 1.29 is 33.7 Å². The molecule has 0 aliphatic carbocycles. The maximum Gasteiger partial charge on any atom is 0.298 e. The largest absolute Gasteiger partial charge is 0.461 e. The summed E-state index contributed by atoms with van der Waals surface area (Å²) in [6.07, 6.45) is 0.552. The number of hydrogen-bond acceptors (Lipinski definition) is 6. The number of carbonyl (C=O) groups is 2. The number of aliphatic hydroxyl groups excluding tert-OH is 2. The molecule has 2 heterocycles. The minimum absolute atomic E-state index is 0.0730. The number of carbonyl (C=O) groups excluding carboxylic acids is 2. The van der Waals surface area contributed by atoms with E-state index in [0.29, 0.717) is 25.1 Å². The molecule has 1 aromatic heterocycles. The van der Waals surface area contributed by atoms with E-state index in [1.54, 1.807) is 24.0 Å². The van der Waals surface area contributed by atoms with Gasteiger partial charge in [0, 0.05) is 18.7 Å². The van der Waals surface area contributed by atoms with Crippen molar-refractivity contribution in [3.8, 4) is 34.6 Å². The Labute approximate surface area is 193 Å². The fourth-order valence-electron chi connectivity index (χ4n) is 4.20. The summed E-state index contributed by atoms with van der Waals surface area (Å²) < 4.78 is 25.8. The molecule has 1 aliphatic heterocycles. The Balaban J connectivity index is 1.89. The van der Waals surface area contributed by atoms with E-state index in [1.165, 1.54) is 0 Å². The molecule has 0 spiro atoms. The number of ether oxygens (including phenoxy) is 2. The first kappa shape index (κ1) is 23.1. The van der Waals surface area contributed by atoms with Crippen LogP contribution in [0.5, 0.6) is 11.6 Å². The van der Waals surface area contributed by atoms with Gasteiger partial charge in [0.2, 0.25) is 5.88 Å². The molecule has 0 fully saturated rings. The maximum absolute atomic E-state index is 15.4. The summed E-state index contributed by atoms with van der Waals surface area (Å²) in [5.74, 6) is 3.12. The summed E-state index contributed by atoms with van der Waals surface area (Å²) >= 11 is 0. The second-order valence-electron chi connectivity index (χ2n) is 7.56. The number of primary amides is 1. The molecule has 1 aliphatic rings. The Morgan fingerprint density at radius 3 is 2.65 bits per heavy atom. The Bertz CT molecular complexity index is 1350. The lowest BCUT2D eigenvalue weighted by Crippen LogP contribution is -2.35. The van der Waals surface area contributed by atoms with Crippen molar-refractivity contribution in [3.63, 3.8) is 0 Å². The molecular formula is C24H22FN3O6. The van der Waals surface area contributed by atoms with Crippen LogP contribution in [0.25, 0.3) is 22.0 Å². The topological polar surface area (TPSA) is 138 Å². The number of nitrogens with two attached hydrogens (primary N) is 1. The number of fused-ring (bicyclic) bond motifs is 2. The molecule has 0 unspecified atom stereocenters. The van der Waals surface area contributed by atoms with Crippen molar-refractivity contribution in [2.75, 3.05) is 20.1 Å². The van der Waals surface area contributed by atoms with Gasteiger partial charge in [-0.3, -0.25) is 9.59 Å². The fourth-order valence-corrected chi connectivity index (χ4v) is 4.20. The van der Waals surface area contributed by atoms with Gasteiger partial charge in [-0.15, -0.1) is 0 Å². The van der Waals surface area contributed by atoms with Gasteiger partial charge in [0.05, 0.1) is 16.5 Å². The Hall–Kier alpha value is -4.07. The van der Waals surface area contributed by atoms with Gasteiger partial charge in [-0.1, -0.05) is 24.1 Å². The van der Waals surface area contributed by atoms with Gasteiger partial charge in [0.25, 0.3) is 11.8 Å². The average molecular weight is 467 g/mol. The lowest BCUT2D eigenvalue weighted by atomic mass is 9.92. The van der Waals surface area contributed by atoms with Gasteiger partial charge >= 0.3 is 0 Å². The van der Waals surface area contributed by atoms with E-state index in [1.807, 2.05) is 6.07 Å². The zero-order chi connectivity index (χ0) is 24.4. The highest BCUT2D eigenvalue weighted by Crippen LogP contribution is 2.45. The van der Waals surface area contributed by atoms with Gasteiger partial charge < -0.3 is 35.3 Å². The molecule has 34 heavy (non-hydrogen) atoms. The van der Waals surface area contributed by atoms with E-state index in [9.17, 15) is 19.8 Å². The van der Waals surface area contributed by atoms with Crippen LogP contribution in [0.15, 0.2) is 24.3 Å². The molecule has 0 bridgehead atoms. The highest BCUT2D eigenvalue weighted by atomic mass is 19.1. The molecule has 0 saturated carbocycles. The van der Waals surface area contributed by atoms with Gasteiger partial charge in [-0.2, -0.15) is 0 Å². The average Bonchev–Trinajstić information content (AvgIpc) is 3.16. The number of hydrogen-bond donors (Lipinski definition) is 4.